The average Bonchev–Trinajstić information content (AvgIpc) is 2.91. The van der Waals surface area contributed by atoms with Crippen LogP contribution in [0.3, 0.4) is 0 Å². The molecule has 0 unspecified atom stereocenters. The van der Waals surface area contributed by atoms with E-state index in [9.17, 15) is 0 Å². The summed E-state index contributed by atoms with van der Waals surface area (Å²) < 4.78 is 0. The molecule has 0 saturated carbocycles. The third-order valence-electron chi connectivity index (χ3n) is 2.96. The molecule has 0 spiro atoms. The molecule has 84 valence electrons. The highest BCUT2D eigenvalue weighted by Gasteiger charge is 2.24. The van der Waals surface area contributed by atoms with Crippen molar-refractivity contribution in [1.82, 2.24) is 4.98 Å². The van der Waals surface area contributed by atoms with Gasteiger partial charge in [0.25, 0.3) is 0 Å². The van der Waals surface area contributed by atoms with E-state index in [0.717, 1.165) is 23.8 Å². The normalized spacial score (nSPS) is 13.5. The summed E-state index contributed by atoms with van der Waals surface area (Å²) in [5, 5.41) is 10.1. The van der Waals surface area contributed by atoms with E-state index in [0.29, 0.717) is 4.88 Å². The van der Waals surface area contributed by atoms with Crippen molar-refractivity contribution < 1.29 is 0 Å². The Labute approximate surface area is 104 Å². The fourth-order valence-electron chi connectivity index (χ4n) is 2.23. The molecule has 0 fully saturated rings. The number of aromatic nitrogens is 1. The maximum Gasteiger partial charge on any atom is 0.162 e. The molecule has 0 radical (unpaired) electrons. The summed E-state index contributed by atoms with van der Waals surface area (Å²) in [4.78, 5) is 7.34. The average molecular weight is 241 g/mol. The van der Waals surface area contributed by atoms with Crippen LogP contribution in [0.15, 0.2) is 24.3 Å². The lowest BCUT2D eigenvalue weighted by molar-refractivity contribution is 0.975. The molecule has 0 amide bonds. The predicted molar refractivity (Wildman–Crippen MR) is 68.7 cm³/mol. The van der Waals surface area contributed by atoms with Gasteiger partial charge in [-0.2, -0.15) is 5.26 Å². The third-order valence-corrected chi connectivity index (χ3v) is 3.83. The van der Waals surface area contributed by atoms with Gasteiger partial charge in [-0.15, -0.1) is 11.3 Å². The Kier molecular flexibility index (Phi) is 2.34. The van der Waals surface area contributed by atoms with E-state index in [1.54, 1.807) is 0 Å². The van der Waals surface area contributed by atoms with Gasteiger partial charge in [0.15, 0.2) is 5.82 Å². The Morgan fingerprint density at radius 2 is 2.24 bits per heavy atom. The Morgan fingerprint density at radius 1 is 1.41 bits per heavy atom. The number of hydrogen-bond donors (Lipinski definition) is 0. The Balaban J connectivity index is 2.10. The number of rotatable bonds is 1. The number of thiazole rings is 1. The van der Waals surface area contributed by atoms with E-state index in [4.69, 9.17) is 5.26 Å². The van der Waals surface area contributed by atoms with Crippen LogP contribution in [0, 0.1) is 18.3 Å². The van der Waals surface area contributed by atoms with Gasteiger partial charge in [-0.05, 0) is 25.0 Å². The van der Waals surface area contributed by atoms with Crippen molar-refractivity contribution in [2.75, 3.05) is 11.4 Å². The van der Waals surface area contributed by atoms with Crippen LogP contribution < -0.4 is 4.90 Å². The molecule has 2 heterocycles. The van der Waals surface area contributed by atoms with Crippen molar-refractivity contribution >= 4 is 22.8 Å². The second kappa shape index (κ2) is 3.86. The largest absolute Gasteiger partial charge is 0.324 e. The monoisotopic (exact) mass is 241 g/mol. The minimum Gasteiger partial charge on any atom is -0.324 e. The number of nitriles is 1. The lowest BCUT2D eigenvalue weighted by atomic mass is 10.2. The smallest absolute Gasteiger partial charge is 0.162 e. The molecule has 0 atom stereocenters. The number of aryl methyl sites for hydroxylation is 1. The Hall–Kier alpha value is -1.86. The number of nitrogens with zero attached hydrogens (tertiary/aromatic N) is 3. The molecule has 1 aliphatic heterocycles. The summed E-state index contributed by atoms with van der Waals surface area (Å²) in [6, 6.07) is 10.6. The van der Waals surface area contributed by atoms with Gasteiger partial charge in [0.1, 0.15) is 10.9 Å². The van der Waals surface area contributed by atoms with E-state index in [2.05, 4.69) is 34.2 Å². The summed E-state index contributed by atoms with van der Waals surface area (Å²) >= 11 is 1.46. The summed E-state index contributed by atoms with van der Waals surface area (Å²) in [5.41, 5.74) is 2.52. The van der Waals surface area contributed by atoms with Crippen molar-refractivity contribution in [3.05, 3.63) is 39.7 Å². The number of anilines is 2. The first-order valence-electron chi connectivity index (χ1n) is 5.52. The molecule has 1 aromatic heterocycles. The third kappa shape index (κ3) is 1.60. The molecular weight excluding hydrogens is 230 g/mol. The van der Waals surface area contributed by atoms with Gasteiger partial charge in [0.2, 0.25) is 0 Å². The SMILES string of the molecule is Cc1nc(N2CCc3ccccc32)c(C#N)s1. The second-order valence-electron chi connectivity index (χ2n) is 4.03. The number of benzene rings is 1. The van der Waals surface area contributed by atoms with E-state index in [1.807, 2.05) is 13.0 Å². The molecule has 0 N–H and O–H groups in total. The zero-order chi connectivity index (χ0) is 11.8. The van der Waals surface area contributed by atoms with Crippen molar-refractivity contribution in [1.29, 1.82) is 5.26 Å². The summed E-state index contributed by atoms with van der Waals surface area (Å²) in [7, 11) is 0. The number of fused-ring (bicyclic) bond motifs is 1. The lowest BCUT2D eigenvalue weighted by Gasteiger charge is -2.16. The molecule has 1 aliphatic rings. The quantitative estimate of drug-likeness (QED) is 0.770. The maximum absolute atomic E-state index is 9.13. The van der Waals surface area contributed by atoms with Gasteiger partial charge in [0.05, 0.1) is 5.01 Å². The zero-order valence-electron chi connectivity index (χ0n) is 9.47. The van der Waals surface area contributed by atoms with Gasteiger partial charge < -0.3 is 4.90 Å². The fourth-order valence-corrected chi connectivity index (χ4v) is 2.95. The second-order valence-corrected chi connectivity index (χ2v) is 5.23. The molecule has 3 nitrogen and oxygen atoms in total. The highest BCUT2D eigenvalue weighted by molar-refractivity contribution is 7.12. The topological polar surface area (TPSA) is 39.9 Å². The summed E-state index contributed by atoms with van der Waals surface area (Å²) in [6.45, 7) is 2.86. The Bertz CT molecular complexity index is 609. The zero-order valence-corrected chi connectivity index (χ0v) is 10.3. The van der Waals surface area contributed by atoms with Gasteiger partial charge in [-0.25, -0.2) is 4.98 Å². The van der Waals surface area contributed by atoms with Crippen molar-refractivity contribution in [3.63, 3.8) is 0 Å². The van der Waals surface area contributed by atoms with Crippen LogP contribution in [0.5, 0.6) is 0 Å². The summed E-state index contributed by atoms with van der Waals surface area (Å²) in [6.07, 6.45) is 1.03. The number of hydrogen-bond acceptors (Lipinski definition) is 4. The molecule has 3 rings (SSSR count). The minimum atomic E-state index is 0.708. The van der Waals surface area contributed by atoms with Gasteiger partial charge >= 0.3 is 0 Å². The van der Waals surface area contributed by atoms with Crippen LogP contribution in [-0.2, 0) is 6.42 Å². The molecule has 2 aromatic rings. The van der Waals surface area contributed by atoms with Crippen molar-refractivity contribution in [2.45, 2.75) is 13.3 Å². The van der Waals surface area contributed by atoms with E-state index >= 15 is 0 Å². The molecule has 1 aromatic carbocycles. The van der Waals surface area contributed by atoms with Crippen LogP contribution in [0.4, 0.5) is 11.5 Å². The molecule has 0 aliphatic carbocycles. The van der Waals surface area contributed by atoms with Crippen molar-refractivity contribution in [2.24, 2.45) is 0 Å². The molecule has 0 saturated heterocycles. The van der Waals surface area contributed by atoms with E-state index in [-0.39, 0.29) is 0 Å². The first-order chi connectivity index (χ1) is 8.29. The van der Waals surface area contributed by atoms with Crippen LogP contribution in [-0.4, -0.2) is 11.5 Å². The highest BCUT2D eigenvalue weighted by atomic mass is 32.1. The lowest BCUT2D eigenvalue weighted by Crippen LogP contribution is -2.14. The molecule has 0 bridgehead atoms. The van der Waals surface area contributed by atoms with Crippen LogP contribution in [0.25, 0.3) is 0 Å². The van der Waals surface area contributed by atoms with Gasteiger partial charge in [-0.3, -0.25) is 0 Å². The summed E-state index contributed by atoms with van der Waals surface area (Å²) in [5.74, 6) is 0.819. The van der Waals surface area contributed by atoms with Crippen LogP contribution in [0.1, 0.15) is 15.4 Å². The standard InChI is InChI=1S/C13H11N3S/c1-9-15-13(12(8-14)17-9)16-7-6-10-4-2-3-5-11(10)16/h2-5H,6-7H2,1H3. The van der Waals surface area contributed by atoms with Crippen LogP contribution in [0.2, 0.25) is 0 Å². The first kappa shape index (κ1) is 10.3. The molecular formula is C13H11N3S. The van der Waals surface area contributed by atoms with Crippen LogP contribution >= 0.6 is 11.3 Å². The maximum atomic E-state index is 9.13. The first-order valence-corrected chi connectivity index (χ1v) is 6.34. The predicted octanol–water partition coefficient (Wildman–Crippen LogP) is 3.02. The molecule has 4 heteroatoms. The van der Waals surface area contributed by atoms with Gasteiger partial charge in [-0.1, -0.05) is 18.2 Å². The van der Waals surface area contributed by atoms with Gasteiger partial charge in [0, 0.05) is 12.2 Å². The van der Waals surface area contributed by atoms with E-state index < -0.39 is 0 Å². The van der Waals surface area contributed by atoms with Crippen molar-refractivity contribution in [3.8, 4) is 6.07 Å². The fraction of sp³-hybridized carbons (Fsp3) is 0.231. The minimum absolute atomic E-state index is 0.708. The Morgan fingerprint density at radius 3 is 3.06 bits per heavy atom. The van der Waals surface area contributed by atoms with E-state index in [1.165, 1.54) is 22.6 Å². The highest BCUT2D eigenvalue weighted by Crippen LogP contribution is 2.36. The number of para-hydroxylation sites is 1. The molecule has 17 heavy (non-hydrogen) atoms.